The molecule has 0 aromatic carbocycles. The third kappa shape index (κ3) is 6.16. The van der Waals surface area contributed by atoms with Crippen molar-refractivity contribution in [2.24, 2.45) is 0 Å². The van der Waals surface area contributed by atoms with E-state index in [0.717, 1.165) is 13.0 Å². The summed E-state index contributed by atoms with van der Waals surface area (Å²) in [6.07, 6.45) is 0.490. The average Bonchev–Trinajstić information content (AvgIpc) is 2.93. The van der Waals surface area contributed by atoms with E-state index in [1.54, 1.807) is 6.92 Å². The number of nitrogens with one attached hydrogen (secondary N) is 1. The summed E-state index contributed by atoms with van der Waals surface area (Å²) < 4.78 is 18.0. The fraction of sp³-hybridized carbons (Fsp3) is 0.733. The molecule has 0 amide bonds. The zero-order chi connectivity index (χ0) is 19.3. The highest BCUT2D eigenvalue weighted by Crippen LogP contribution is 2.44. The number of nitrogens with zero attached hydrogens (tertiary/aromatic N) is 2. The Balaban J connectivity index is 1.82. The van der Waals surface area contributed by atoms with Crippen molar-refractivity contribution in [3.8, 4) is 0 Å². The number of thiol groups is 1. The van der Waals surface area contributed by atoms with Gasteiger partial charge in [-0.25, -0.2) is 4.79 Å². The summed E-state index contributed by atoms with van der Waals surface area (Å²) in [4.78, 5) is 27.7. The summed E-state index contributed by atoms with van der Waals surface area (Å²) in [6, 6.07) is 0. The number of aliphatic hydroxyl groups is 1. The Morgan fingerprint density at radius 3 is 2.88 bits per heavy atom. The van der Waals surface area contributed by atoms with Gasteiger partial charge in [0, 0.05) is 18.2 Å². The van der Waals surface area contributed by atoms with Gasteiger partial charge >= 0.3 is 5.69 Å². The minimum Gasteiger partial charge on any atom is -0.390 e. The number of aromatic nitrogens is 2. The molecule has 2 heterocycles. The molecule has 2 unspecified atom stereocenters. The fourth-order valence-corrected chi connectivity index (χ4v) is 3.61. The molecular weight excluding hydrogens is 381 g/mol. The number of aliphatic hydroxyl groups excluding tert-OH is 1. The predicted molar refractivity (Wildman–Crippen MR) is 102 cm³/mol. The van der Waals surface area contributed by atoms with E-state index in [1.807, 2.05) is 14.1 Å². The summed E-state index contributed by atoms with van der Waals surface area (Å²) in [5.74, 6) is 0. The molecule has 1 aliphatic rings. The molecule has 0 radical (unpaired) electrons. The molecule has 0 saturated carbocycles. The van der Waals surface area contributed by atoms with Gasteiger partial charge in [-0.1, -0.05) is 12.2 Å². The number of aromatic amines is 1. The Bertz CT molecular complexity index is 697. The molecule has 9 nitrogen and oxygen atoms in total. The molecule has 1 aromatic heterocycles. The Labute approximate surface area is 158 Å². The minimum atomic E-state index is -1.36. The van der Waals surface area contributed by atoms with Crippen LogP contribution in [0, 0.1) is 6.92 Å². The van der Waals surface area contributed by atoms with E-state index in [-0.39, 0.29) is 13.0 Å². The van der Waals surface area contributed by atoms with E-state index in [9.17, 15) is 14.7 Å². The van der Waals surface area contributed by atoms with Crippen LogP contribution in [0.15, 0.2) is 15.8 Å². The number of hydrogen-bond donors (Lipinski definition) is 3. The van der Waals surface area contributed by atoms with Gasteiger partial charge < -0.3 is 23.8 Å². The second-order valence-corrected chi connectivity index (χ2v) is 8.41. The molecule has 2 N–H and O–H groups in total. The average molecular weight is 407 g/mol. The Hall–Kier alpha value is -0.740. The number of H-pyrrole nitrogens is 1. The SMILES string of the molecule is Cc1cn([C@H]2CC(O)[C@@H](COP(S)OCCCN(C)C)O2)c(=O)[nH]c1=O. The predicted octanol–water partition coefficient (Wildman–Crippen LogP) is 0.635. The maximum absolute atomic E-state index is 11.9. The summed E-state index contributed by atoms with van der Waals surface area (Å²) in [6.45, 7) is 3.16. The number of ether oxygens (including phenoxy) is 1. The topological polar surface area (TPSA) is 106 Å². The summed E-state index contributed by atoms with van der Waals surface area (Å²) in [5.41, 5.74) is -0.607. The molecule has 2 rings (SSSR count). The highest BCUT2D eigenvalue weighted by molar-refractivity contribution is 8.41. The first-order valence-corrected chi connectivity index (χ1v) is 10.7. The van der Waals surface area contributed by atoms with E-state index in [1.165, 1.54) is 10.8 Å². The van der Waals surface area contributed by atoms with E-state index in [0.29, 0.717) is 12.2 Å². The number of rotatable bonds is 9. The van der Waals surface area contributed by atoms with Gasteiger partial charge in [0.2, 0.25) is 7.58 Å². The lowest BCUT2D eigenvalue weighted by Gasteiger charge is -2.18. The molecule has 0 spiro atoms. The van der Waals surface area contributed by atoms with Crippen molar-refractivity contribution in [2.45, 2.75) is 38.2 Å². The first-order valence-electron chi connectivity index (χ1n) is 8.33. The van der Waals surface area contributed by atoms with Crippen molar-refractivity contribution >= 4 is 19.8 Å². The first kappa shape index (κ1) is 21.6. The molecule has 148 valence electrons. The normalized spacial score (nSPS) is 24.3. The maximum Gasteiger partial charge on any atom is 0.330 e. The summed E-state index contributed by atoms with van der Waals surface area (Å²) in [5, 5.41) is 10.2. The van der Waals surface area contributed by atoms with Gasteiger partial charge in [0.1, 0.15) is 12.3 Å². The molecule has 0 aliphatic carbocycles. The lowest BCUT2D eigenvalue weighted by molar-refractivity contribution is -0.0407. The van der Waals surface area contributed by atoms with Gasteiger partial charge in [0.15, 0.2) is 0 Å². The quantitative estimate of drug-likeness (QED) is 0.313. The third-order valence-corrected chi connectivity index (χ3v) is 5.43. The molecule has 1 fully saturated rings. The van der Waals surface area contributed by atoms with Crippen LogP contribution in [-0.4, -0.2) is 65.6 Å². The summed E-state index contributed by atoms with van der Waals surface area (Å²) >= 11 is 4.27. The smallest absolute Gasteiger partial charge is 0.330 e. The van der Waals surface area contributed by atoms with E-state index < -0.39 is 37.3 Å². The van der Waals surface area contributed by atoms with Gasteiger partial charge in [0.05, 0.1) is 19.3 Å². The van der Waals surface area contributed by atoms with Crippen molar-refractivity contribution in [1.82, 2.24) is 14.5 Å². The monoisotopic (exact) mass is 407 g/mol. The van der Waals surface area contributed by atoms with Crippen LogP contribution in [0.5, 0.6) is 0 Å². The van der Waals surface area contributed by atoms with Crippen LogP contribution >= 0.6 is 19.8 Å². The second kappa shape index (κ2) is 9.98. The lowest BCUT2D eigenvalue weighted by atomic mass is 10.2. The Morgan fingerprint density at radius 2 is 2.19 bits per heavy atom. The third-order valence-electron chi connectivity index (χ3n) is 3.96. The zero-order valence-corrected chi connectivity index (χ0v) is 16.9. The van der Waals surface area contributed by atoms with Gasteiger partial charge in [-0.15, -0.1) is 0 Å². The van der Waals surface area contributed by atoms with E-state index in [2.05, 4.69) is 22.1 Å². The zero-order valence-electron chi connectivity index (χ0n) is 15.1. The van der Waals surface area contributed by atoms with Crippen molar-refractivity contribution < 1.29 is 18.9 Å². The minimum absolute atomic E-state index is 0.109. The van der Waals surface area contributed by atoms with Gasteiger partial charge in [-0.3, -0.25) is 14.3 Å². The Kier molecular flexibility index (Phi) is 8.28. The largest absolute Gasteiger partial charge is 0.390 e. The van der Waals surface area contributed by atoms with Crippen molar-refractivity contribution in [1.29, 1.82) is 0 Å². The highest BCUT2D eigenvalue weighted by atomic mass is 32.7. The molecule has 26 heavy (non-hydrogen) atoms. The van der Waals surface area contributed by atoms with Crippen molar-refractivity contribution in [2.75, 3.05) is 33.9 Å². The lowest BCUT2D eigenvalue weighted by Crippen LogP contribution is -2.33. The number of aryl methyl sites for hydroxylation is 1. The Morgan fingerprint density at radius 1 is 1.46 bits per heavy atom. The molecule has 1 saturated heterocycles. The fourth-order valence-electron chi connectivity index (χ4n) is 2.53. The van der Waals surface area contributed by atoms with Crippen LogP contribution < -0.4 is 11.2 Å². The van der Waals surface area contributed by atoms with Crippen LogP contribution in [0.3, 0.4) is 0 Å². The second-order valence-electron chi connectivity index (χ2n) is 6.43. The van der Waals surface area contributed by atoms with E-state index in [4.69, 9.17) is 13.8 Å². The van der Waals surface area contributed by atoms with Crippen molar-refractivity contribution in [3.63, 3.8) is 0 Å². The first-order chi connectivity index (χ1) is 12.3. The van der Waals surface area contributed by atoms with Gasteiger partial charge in [-0.05, 0) is 34.0 Å². The highest BCUT2D eigenvalue weighted by Gasteiger charge is 2.36. The molecule has 4 atom stereocenters. The van der Waals surface area contributed by atoms with Crippen LogP contribution in [0.4, 0.5) is 0 Å². The summed E-state index contributed by atoms with van der Waals surface area (Å²) in [7, 11) is 2.62. The molecule has 11 heteroatoms. The van der Waals surface area contributed by atoms with E-state index >= 15 is 0 Å². The van der Waals surface area contributed by atoms with Crippen LogP contribution in [0.2, 0.25) is 0 Å². The maximum atomic E-state index is 11.9. The molecular formula is C15H26N3O6PS. The van der Waals surface area contributed by atoms with Gasteiger partial charge in [-0.2, -0.15) is 0 Å². The number of hydrogen-bond acceptors (Lipinski definition) is 8. The standard InChI is InChI=1S/C15H26N3O6PS/c1-10-8-18(15(21)16-14(10)20)13-7-11(19)12(24-13)9-23-25(26)22-6-4-5-17(2)3/h8,11-13,19,26H,4-7,9H2,1-3H3,(H,16,20,21)/t11?,12-,13-,25?/m1/s1. The van der Waals surface area contributed by atoms with Crippen molar-refractivity contribution in [3.05, 3.63) is 32.6 Å². The van der Waals surface area contributed by atoms with Crippen LogP contribution in [0.25, 0.3) is 0 Å². The molecule has 1 aromatic rings. The molecule has 0 bridgehead atoms. The molecule has 1 aliphatic heterocycles. The van der Waals surface area contributed by atoms with Crippen LogP contribution in [0.1, 0.15) is 24.6 Å². The van der Waals surface area contributed by atoms with Crippen LogP contribution in [-0.2, 0) is 13.8 Å². The van der Waals surface area contributed by atoms with Gasteiger partial charge in [0.25, 0.3) is 5.56 Å².